The van der Waals surface area contributed by atoms with Crippen LogP contribution in [-0.2, 0) is 14.3 Å². The second-order valence-corrected chi connectivity index (χ2v) is 22.4. The molecule has 0 aliphatic rings. The molecule has 0 spiro atoms. The molecule has 12 aromatic rings. The van der Waals surface area contributed by atoms with E-state index in [9.17, 15) is 9.59 Å². The Morgan fingerprint density at radius 1 is 0.541 bits per heavy atom. The summed E-state index contributed by atoms with van der Waals surface area (Å²) < 4.78 is 32.7. The van der Waals surface area contributed by atoms with Gasteiger partial charge < -0.3 is 24.3 Å². The Bertz CT molecular complexity index is 3870. The van der Waals surface area contributed by atoms with Gasteiger partial charge in [0.05, 0.1) is 22.2 Å². The van der Waals surface area contributed by atoms with E-state index in [1.54, 1.807) is 45.8 Å². The lowest BCUT2D eigenvalue weighted by Gasteiger charge is -2.33. The molecule has 0 atom stereocenters. The lowest BCUT2D eigenvalue weighted by atomic mass is 9.92. The second kappa shape index (κ2) is 20.6. The maximum absolute atomic E-state index is 13.7. The zero-order chi connectivity index (χ0) is 50.0. The minimum Gasteiger partial charge on any atom is -0.492 e. The molecule has 0 fully saturated rings. The molecule has 74 heavy (non-hydrogen) atoms. The van der Waals surface area contributed by atoms with Crippen molar-refractivity contribution >= 4 is 130 Å². The number of nitrogens with zero attached hydrogens (tertiary/aromatic N) is 1. The molecule has 0 aliphatic heterocycles. The number of fused-ring (bicyclic) bond motifs is 9. The average Bonchev–Trinajstić information content (AvgIpc) is 4.17. The normalized spacial score (nSPS) is 11.8. The fourth-order valence-corrected chi connectivity index (χ4v) is 14.3. The molecular weight excluding hydrogens is 997 g/mol. The fraction of sp³-hybridized carbons (Fsp3) is 0.113. The van der Waals surface area contributed by atoms with Crippen molar-refractivity contribution in [1.82, 2.24) is 10.3 Å². The number of hydrogen-bond donors (Lipinski definition) is 1. The topological polar surface area (TPSA) is 96.0 Å². The number of nitrogens with one attached hydrogen (secondary N) is 1. The van der Waals surface area contributed by atoms with Crippen LogP contribution >= 0.6 is 45.8 Å². The lowest BCUT2D eigenvalue weighted by Crippen LogP contribution is -2.44. The number of ether oxygens (including phenoxy) is 4. The van der Waals surface area contributed by atoms with Crippen LogP contribution in [0.5, 0.6) is 11.5 Å². The molecule has 0 bridgehead atoms. The highest BCUT2D eigenvalue weighted by Crippen LogP contribution is 2.48. The number of amides is 1. The first-order valence-electron chi connectivity index (χ1n) is 24.2. The van der Waals surface area contributed by atoms with Gasteiger partial charge >= 0.3 is 12.1 Å². The van der Waals surface area contributed by atoms with Gasteiger partial charge in [0.15, 0.2) is 4.34 Å². The molecule has 0 radical (unpaired) electrons. The molecule has 0 aliphatic carbocycles. The van der Waals surface area contributed by atoms with E-state index in [2.05, 4.69) is 176 Å². The van der Waals surface area contributed by atoms with Gasteiger partial charge in [0, 0.05) is 74.4 Å². The number of esters is 1. The summed E-state index contributed by atoms with van der Waals surface area (Å²) in [5, 5.41) is 11.9. The largest absolute Gasteiger partial charge is 0.492 e. The van der Waals surface area contributed by atoms with Crippen molar-refractivity contribution in [2.24, 2.45) is 5.41 Å². The highest BCUT2D eigenvalue weighted by Gasteiger charge is 2.37. The minimum absolute atomic E-state index is 0.0423. The van der Waals surface area contributed by atoms with Crippen molar-refractivity contribution in [3.63, 3.8) is 0 Å². The number of aromatic nitrogens is 1. The Hall–Kier alpha value is -7.74. The third-order valence-electron chi connectivity index (χ3n) is 13.3. The Kier molecular flexibility index (Phi) is 13.2. The highest BCUT2D eigenvalue weighted by molar-refractivity contribution is 8.01. The van der Waals surface area contributed by atoms with Crippen LogP contribution in [0.1, 0.15) is 0 Å². The smallest absolute Gasteiger partial charge is 0.407 e. The third-order valence-corrected chi connectivity index (χ3v) is 18.2. The van der Waals surface area contributed by atoms with Crippen LogP contribution in [0.3, 0.4) is 0 Å². The van der Waals surface area contributed by atoms with E-state index < -0.39 is 17.5 Å². The number of hydrogen-bond acceptors (Lipinski definition) is 11. The van der Waals surface area contributed by atoms with Crippen LogP contribution in [-0.4, -0.2) is 55.8 Å². The van der Waals surface area contributed by atoms with Gasteiger partial charge in [-0.3, -0.25) is 0 Å². The van der Waals surface area contributed by atoms with E-state index in [0.29, 0.717) is 17.3 Å². The van der Waals surface area contributed by atoms with Gasteiger partial charge in [0.25, 0.3) is 0 Å². The summed E-state index contributed by atoms with van der Waals surface area (Å²) in [5.74, 6) is 1.22. The molecule has 0 saturated carbocycles. The third kappa shape index (κ3) is 9.30. The molecule has 0 saturated heterocycles. The van der Waals surface area contributed by atoms with Crippen LogP contribution in [0.4, 0.5) is 4.79 Å². The second-order valence-electron chi connectivity index (χ2n) is 18.1. The van der Waals surface area contributed by atoms with Gasteiger partial charge in [-0.05, 0) is 57.9 Å². The highest BCUT2D eigenvalue weighted by atomic mass is 32.2. The van der Waals surface area contributed by atoms with E-state index in [1.807, 2.05) is 18.2 Å². The summed E-state index contributed by atoms with van der Waals surface area (Å²) in [6, 6.07) is 63.3. The number of thioether (sulfide) groups is 1. The van der Waals surface area contributed by atoms with Crippen molar-refractivity contribution in [2.75, 3.05) is 38.7 Å². The molecule has 8 nitrogen and oxygen atoms in total. The number of carbonyl (C=O) groups excluding carboxylic acids is 2. The number of thiophene rings is 2. The Morgan fingerprint density at radius 3 is 1.62 bits per heavy atom. The van der Waals surface area contributed by atoms with Crippen LogP contribution < -0.4 is 14.8 Å². The van der Waals surface area contributed by atoms with E-state index in [0.717, 1.165) is 64.4 Å². The van der Waals surface area contributed by atoms with E-state index in [1.165, 1.54) is 40.3 Å². The van der Waals surface area contributed by atoms with Crippen molar-refractivity contribution in [3.05, 3.63) is 195 Å². The predicted molar refractivity (Wildman–Crippen MR) is 309 cm³/mol. The molecule has 12 heteroatoms. The zero-order valence-electron chi connectivity index (χ0n) is 39.9. The van der Waals surface area contributed by atoms with Crippen LogP contribution in [0.15, 0.2) is 199 Å². The Morgan fingerprint density at radius 2 is 1.05 bits per heavy atom. The van der Waals surface area contributed by atoms with Crippen LogP contribution in [0.25, 0.3) is 94.4 Å². The summed E-state index contributed by atoms with van der Waals surface area (Å²) in [7, 11) is 0. The number of rotatable bonds is 17. The monoisotopic (exact) mass is 1040 g/mol. The maximum atomic E-state index is 13.7. The molecule has 9 aromatic carbocycles. The molecule has 1 N–H and O–H groups in total. The molecule has 3 aromatic heterocycles. The quantitative estimate of drug-likeness (QED) is 0.0417. The number of para-hydroxylation sites is 1. The van der Waals surface area contributed by atoms with E-state index in [4.69, 9.17) is 23.9 Å². The standard InChI is InChI=1S/C62H46N2O6S4/c1-2-55(65)67-34-33-63-60(66)70-37-62(38-71-61-64-49-25-9-12-28-54(49)74-61,35-68-50-31-29-39-15-3-5-17-41(39)56(50)47-23-13-21-45-43-19-7-10-26-52(43)72-58(45)47)36-69-51-32-30-40-16-4-6-18-42(40)57(51)48-24-14-22-46-44-20-8-11-27-53(44)73-59(46)48/h2-32H,1,33-38H2,(H,63,66). The Balaban J connectivity index is 0.974. The summed E-state index contributed by atoms with van der Waals surface area (Å²) in [6.45, 7) is 3.57. The molecular formula is C62H46N2O6S4. The van der Waals surface area contributed by atoms with E-state index >= 15 is 0 Å². The van der Waals surface area contributed by atoms with E-state index in [-0.39, 0.29) is 33.0 Å². The van der Waals surface area contributed by atoms with Crippen molar-refractivity contribution in [3.8, 4) is 33.8 Å². The number of alkyl carbamates (subject to hydrolysis) is 1. The van der Waals surface area contributed by atoms with Gasteiger partial charge in [0.2, 0.25) is 0 Å². The SMILES string of the molecule is C=CC(=O)OCCNC(=O)OCC(COc1ccc2ccccc2c1-c1cccc2c1sc1ccccc12)(COc1ccc2ccccc2c1-c1cccc2c1sc1ccccc12)CSc1nc2ccccc2s1. The molecule has 12 rings (SSSR count). The molecule has 3 heterocycles. The van der Waals surface area contributed by atoms with Gasteiger partial charge in [-0.25, -0.2) is 14.6 Å². The van der Waals surface area contributed by atoms with Crippen molar-refractivity contribution < 1.29 is 28.5 Å². The predicted octanol–water partition coefficient (Wildman–Crippen LogP) is 16.4. The Labute approximate surface area is 442 Å². The maximum Gasteiger partial charge on any atom is 0.407 e. The minimum atomic E-state index is -0.992. The van der Waals surface area contributed by atoms with Crippen LogP contribution in [0.2, 0.25) is 0 Å². The molecule has 1 amide bonds. The van der Waals surface area contributed by atoms with Gasteiger partial charge in [-0.2, -0.15) is 0 Å². The lowest BCUT2D eigenvalue weighted by molar-refractivity contribution is -0.137. The first kappa shape index (κ1) is 47.3. The number of benzene rings is 9. The van der Waals surface area contributed by atoms with Crippen LogP contribution in [0, 0.1) is 5.41 Å². The summed E-state index contributed by atoms with van der Waals surface area (Å²) >= 11 is 6.77. The van der Waals surface area contributed by atoms with Gasteiger partial charge in [-0.15, -0.1) is 34.0 Å². The zero-order valence-corrected chi connectivity index (χ0v) is 43.1. The van der Waals surface area contributed by atoms with Gasteiger partial charge in [-0.1, -0.05) is 164 Å². The summed E-state index contributed by atoms with van der Waals surface area (Å²) in [4.78, 5) is 30.5. The summed E-state index contributed by atoms with van der Waals surface area (Å²) in [6.07, 6.45) is 0.420. The van der Waals surface area contributed by atoms with Crippen molar-refractivity contribution in [2.45, 2.75) is 4.34 Å². The first-order chi connectivity index (χ1) is 36.4. The number of carbonyl (C=O) groups is 2. The fourth-order valence-electron chi connectivity index (χ4n) is 9.66. The molecule has 364 valence electrons. The number of thiazole rings is 1. The van der Waals surface area contributed by atoms with Gasteiger partial charge in [0.1, 0.15) is 37.9 Å². The summed E-state index contributed by atoms with van der Waals surface area (Å²) in [5.41, 5.74) is 4.03. The molecule has 0 unspecified atom stereocenters. The average molecular weight is 1040 g/mol. The van der Waals surface area contributed by atoms with Crippen molar-refractivity contribution in [1.29, 1.82) is 0 Å². The first-order valence-corrected chi connectivity index (χ1v) is 27.6.